The first-order valence-electron chi connectivity index (χ1n) is 11.3. The molecule has 0 aromatic heterocycles. The van der Waals surface area contributed by atoms with Crippen LogP contribution in [0.5, 0.6) is 0 Å². The lowest BCUT2D eigenvalue weighted by Gasteiger charge is -2.42. The van der Waals surface area contributed by atoms with E-state index >= 15 is 0 Å². The molecular formula is C25H30FN3O4. The molecule has 2 aromatic carbocycles. The van der Waals surface area contributed by atoms with Gasteiger partial charge in [0.15, 0.2) is 0 Å². The Morgan fingerprint density at radius 3 is 2.58 bits per heavy atom. The monoisotopic (exact) mass is 455 g/mol. The summed E-state index contributed by atoms with van der Waals surface area (Å²) in [7, 11) is 1.57. The van der Waals surface area contributed by atoms with Gasteiger partial charge in [0.1, 0.15) is 5.82 Å². The molecule has 1 N–H and O–H groups in total. The standard InChI is InChI=1S/C25H30FN3O4/c1-32-15-14-29-23(18-6-8-19(26)9-7-18)22(20-4-2-3-5-21(20)25(29)31)24(30)27-10-11-28-12-16-33-17-13-28/h2-9,22-23H,10-17H2,1H3,(H,27,30)/t22-,23-/m0/s1. The number of rotatable bonds is 8. The minimum atomic E-state index is -0.620. The fraction of sp³-hybridized carbons (Fsp3) is 0.440. The zero-order chi connectivity index (χ0) is 23.2. The predicted octanol–water partition coefficient (Wildman–Crippen LogP) is 2.20. The Bertz CT molecular complexity index is 962. The molecule has 0 spiro atoms. The van der Waals surface area contributed by atoms with Crippen LogP contribution in [0.15, 0.2) is 48.5 Å². The summed E-state index contributed by atoms with van der Waals surface area (Å²) in [4.78, 5) is 30.9. The van der Waals surface area contributed by atoms with E-state index in [4.69, 9.17) is 9.47 Å². The number of amides is 2. The fourth-order valence-electron chi connectivity index (χ4n) is 4.61. The number of carbonyl (C=O) groups is 2. The summed E-state index contributed by atoms with van der Waals surface area (Å²) in [6.45, 7) is 4.98. The van der Waals surface area contributed by atoms with Crippen LogP contribution in [0.25, 0.3) is 0 Å². The maximum atomic E-state index is 13.7. The number of methoxy groups -OCH3 is 1. The quantitative estimate of drug-likeness (QED) is 0.661. The van der Waals surface area contributed by atoms with E-state index in [1.807, 2.05) is 12.1 Å². The molecule has 2 aromatic rings. The highest BCUT2D eigenvalue weighted by Gasteiger charge is 2.43. The first kappa shape index (κ1) is 23.4. The molecule has 2 amide bonds. The van der Waals surface area contributed by atoms with Crippen molar-refractivity contribution in [3.63, 3.8) is 0 Å². The molecule has 0 saturated carbocycles. The summed E-state index contributed by atoms with van der Waals surface area (Å²) in [5, 5.41) is 3.08. The lowest BCUT2D eigenvalue weighted by Crippen LogP contribution is -2.49. The van der Waals surface area contributed by atoms with Crippen LogP contribution in [-0.4, -0.2) is 81.3 Å². The van der Waals surface area contributed by atoms with Crippen molar-refractivity contribution < 1.29 is 23.5 Å². The molecule has 176 valence electrons. The Morgan fingerprint density at radius 1 is 1.12 bits per heavy atom. The Morgan fingerprint density at radius 2 is 1.85 bits per heavy atom. The zero-order valence-corrected chi connectivity index (χ0v) is 18.8. The number of halogens is 1. The van der Waals surface area contributed by atoms with Crippen molar-refractivity contribution >= 4 is 11.8 Å². The second-order valence-electron chi connectivity index (χ2n) is 8.30. The number of hydrogen-bond donors (Lipinski definition) is 1. The summed E-state index contributed by atoms with van der Waals surface area (Å²) in [5.74, 6) is -1.29. The molecule has 0 radical (unpaired) electrons. The SMILES string of the molecule is COCCN1C(=O)c2ccccc2[C@H](C(=O)NCCN2CCOCC2)[C@@H]1c1ccc(F)cc1. The van der Waals surface area contributed by atoms with Gasteiger partial charge in [-0.25, -0.2) is 4.39 Å². The third-order valence-corrected chi connectivity index (χ3v) is 6.30. The Balaban J connectivity index is 1.64. The first-order valence-corrected chi connectivity index (χ1v) is 11.3. The average Bonchev–Trinajstić information content (AvgIpc) is 2.84. The molecule has 2 aliphatic heterocycles. The van der Waals surface area contributed by atoms with Crippen LogP contribution in [0.1, 0.15) is 33.4 Å². The first-order chi connectivity index (χ1) is 16.1. The van der Waals surface area contributed by atoms with Crippen molar-refractivity contribution in [1.29, 1.82) is 0 Å². The van der Waals surface area contributed by atoms with Gasteiger partial charge in [-0.05, 0) is 29.3 Å². The molecule has 2 aliphatic rings. The molecule has 0 bridgehead atoms. The normalized spacial score (nSPS) is 21.0. The number of nitrogens with zero attached hydrogens (tertiary/aromatic N) is 2. The van der Waals surface area contributed by atoms with Gasteiger partial charge in [-0.15, -0.1) is 0 Å². The number of hydrogen-bond acceptors (Lipinski definition) is 5. The van der Waals surface area contributed by atoms with Crippen LogP contribution in [0.3, 0.4) is 0 Å². The lowest BCUT2D eigenvalue weighted by atomic mass is 9.79. The summed E-state index contributed by atoms with van der Waals surface area (Å²) in [6, 6.07) is 12.7. The van der Waals surface area contributed by atoms with Crippen molar-refractivity contribution in [3.05, 3.63) is 71.0 Å². The molecule has 1 fully saturated rings. The second kappa shape index (κ2) is 10.9. The second-order valence-corrected chi connectivity index (χ2v) is 8.30. The van der Waals surface area contributed by atoms with E-state index < -0.39 is 12.0 Å². The number of carbonyl (C=O) groups excluding carboxylic acids is 2. The molecule has 4 rings (SSSR count). The highest BCUT2D eigenvalue weighted by atomic mass is 19.1. The summed E-state index contributed by atoms with van der Waals surface area (Å²) >= 11 is 0. The van der Waals surface area contributed by atoms with Gasteiger partial charge in [0, 0.05) is 45.4 Å². The highest BCUT2D eigenvalue weighted by Crippen LogP contribution is 2.42. The predicted molar refractivity (Wildman–Crippen MR) is 122 cm³/mol. The number of benzene rings is 2. The molecular weight excluding hydrogens is 425 g/mol. The maximum Gasteiger partial charge on any atom is 0.254 e. The highest BCUT2D eigenvalue weighted by molar-refractivity contribution is 6.01. The molecule has 0 aliphatic carbocycles. The Kier molecular flexibility index (Phi) is 7.69. The fourth-order valence-corrected chi connectivity index (χ4v) is 4.61. The third kappa shape index (κ3) is 5.24. The van der Waals surface area contributed by atoms with Crippen molar-refractivity contribution in [2.24, 2.45) is 0 Å². The van der Waals surface area contributed by atoms with E-state index in [9.17, 15) is 14.0 Å². The smallest absolute Gasteiger partial charge is 0.254 e. The van der Waals surface area contributed by atoms with Gasteiger partial charge >= 0.3 is 0 Å². The van der Waals surface area contributed by atoms with Crippen LogP contribution in [0.4, 0.5) is 4.39 Å². The average molecular weight is 456 g/mol. The van der Waals surface area contributed by atoms with E-state index in [-0.39, 0.29) is 17.6 Å². The van der Waals surface area contributed by atoms with Crippen LogP contribution in [0, 0.1) is 5.82 Å². The van der Waals surface area contributed by atoms with Gasteiger partial charge in [0.25, 0.3) is 5.91 Å². The molecule has 7 nitrogen and oxygen atoms in total. The van der Waals surface area contributed by atoms with E-state index in [2.05, 4.69) is 10.2 Å². The van der Waals surface area contributed by atoms with Crippen LogP contribution >= 0.6 is 0 Å². The number of morpholine rings is 1. The number of nitrogens with one attached hydrogen (secondary N) is 1. The van der Waals surface area contributed by atoms with Crippen molar-refractivity contribution in [3.8, 4) is 0 Å². The largest absolute Gasteiger partial charge is 0.383 e. The topological polar surface area (TPSA) is 71.1 Å². The number of fused-ring (bicyclic) bond motifs is 1. The molecule has 0 unspecified atom stereocenters. The Labute approximate surface area is 193 Å². The molecule has 8 heteroatoms. The van der Waals surface area contributed by atoms with Crippen molar-refractivity contribution in [1.82, 2.24) is 15.1 Å². The van der Waals surface area contributed by atoms with Gasteiger partial charge < -0.3 is 19.7 Å². The minimum absolute atomic E-state index is 0.153. The van der Waals surface area contributed by atoms with Gasteiger partial charge in [-0.3, -0.25) is 14.5 Å². The zero-order valence-electron chi connectivity index (χ0n) is 18.8. The summed E-state index contributed by atoms with van der Waals surface area (Å²) < 4.78 is 24.3. The summed E-state index contributed by atoms with van der Waals surface area (Å²) in [6.07, 6.45) is 0. The van der Waals surface area contributed by atoms with Gasteiger partial charge in [0.05, 0.1) is 31.8 Å². The van der Waals surface area contributed by atoms with E-state index in [1.54, 1.807) is 36.3 Å². The van der Waals surface area contributed by atoms with E-state index in [0.29, 0.717) is 49.6 Å². The minimum Gasteiger partial charge on any atom is -0.383 e. The molecule has 1 saturated heterocycles. The lowest BCUT2D eigenvalue weighted by molar-refractivity contribution is -0.124. The molecule has 33 heavy (non-hydrogen) atoms. The van der Waals surface area contributed by atoms with E-state index in [0.717, 1.165) is 19.6 Å². The Hall–Kier alpha value is -2.81. The molecule has 2 heterocycles. The van der Waals surface area contributed by atoms with Gasteiger partial charge in [-0.2, -0.15) is 0 Å². The van der Waals surface area contributed by atoms with Gasteiger partial charge in [0.2, 0.25) is 5.91 Å². The summed E-state index contributed by atoms with van der Waals surface area (Å²) in [5.41, 5.74) is 1.92. The van der Waals surface area contributed by atoms with E-state index in [1.165, 1.54) is 12.1 Å². The van der Waals surface area contributed by atoms with Crippen LogP contribution in [0.2, 0.25) is 0 Å². The number of ether oxygens (including phenoxy) is 2. The van der Waals surface area contributed by atoms with Crippen molar-refractivity contribution in [2.45, 2.75) is 12.0 Å². The van der Waals surface area contributed by atoms with Gasteiger partial charge in [-0.1, -0.05) is 30.3 Å². The van der Waals surface area contributed by atoms with Crippen LogP contribution < -0.4 is 5.32 Å². The maximum absolute atomic E-state index is 13.7. The molecule has 2 atom stereocenters. The third-order valence-electron chi connectivity index (χ3n) is 6.30. The van der Waals surface area contributed by atoms with Crippen molar-refractivity contribution in [2.75, 3.05) is 59.7 Å². The van der Waals surface area contributed by atoms with Crippen LogP contribution in [-0.2, 0) is 14.3 Å².